The summed E-state index contributed by atoms with van der Waals surface area (Å²) >= 11 is 0. The molecule has 0 amide bonds. The maximum Gasteiger partial charge on any atom is 0.137 e. The first-order chi connectivity index (χ1) is 7.63. The number of rotatable bonds is 3. The van der Waals surface area contributed by atoms with Gasteiger partial charge in [0.05, 0.1) is 17.1 Å². The van der Waals surface area contributed by atoms with E-state index in [1.165, 1.54) is 0 Å². The van der Waals surface area contributed by atoms with E-state index in [9.17, 15) is 5.11 Å². The molecule has 0 aliphatic carbocycles. The summed E-state index contributed by atoms with van der Waals surface area (Å²) in [5.41, 5.74) is 2.50. The van der Waals surface area contributed by atoms with Crippen LogP contribution < -0.4 is 0 Å². The quantitative estimate of drug-likeness (QED) is 0.840. The molecule has 0 fully saturated rings. The highest BCUT2D eigenvalue weighted by Gasteiger charge is 2.18. The lowest BCUT2D eigenvalue weighted by Crippen LogP contribution is -2.12. The van der Waals surface area contributed by atoms with Crippen molar-refractivity contribution in [3.05, 3.63) is 35.4 Å². The molecule has 2 aromatic heterocycles. The molecular formula is C11H16N4O. The van der Waals surface area contributed by atoms with E-state index in [1.54, 1.807) is 10.9 Å². The van der Waals surface area contributed by atoms with Crippen LogP contribution in [-0.2, 0) is 13.6 Å². The molecule has 5 nitrogen and oxygen atoms in total. The Morgan fingerprint density at radius 3 is 2.75 bits per heavy atom. The maximum absolute atomic E-state index is 10.3. The number of hydrogen-bond donors (Lipinski definition) is 1. The molecule has 2 heterocycles. The van der Waals surface area contributed by atoms with Crippen molar-refractivity contribution in [1.29, 1.82) is 0 Å². The van der Waals surface area contributed by atoms with E-state index >= 15 is 0 Å². The van der Waals surface area contributed by atoms with Gasteiger partial charge in [-0.25, -0.2) is 0 Å². The van der Waals surface area contributed by atoms with Crippen LogP contribution in [0.15, 0.2) is 18.3 Å². The third kappa shape index (κ3) is 1.74. The largest absolute Gasteiger partial charge is 0.380 e. The van der Waals surface area contributed by atoms with Crippen molar-refractivity contribution in [1.82, 2.24) is 19.6 Å². The zero-order valence-corrected chi connectivity index (χ0v) is 9.75. The zero-order valence-electron chi connectivity index (χ0n) is 9.75. The van der Waals surface area contributed by atoms with Crippen LogP contribution in [0.5, 0.6) is 0 Å². The molecule has 2 rings (SSSR count). The van der Waals surface area contributed by atoms with Gasteiger partial charge in [0.15, 0.2) is 0 Å². The summed E-state index contributed by atoms with van der Waals surface area (Å²) in [5, 5.41) is 18.6. The number of aliphatic hydroxyl groups excluding tert-OH is 1. The minimum atomic E-state index is -0.673. The van der Waals surface area contributed by atoms with Crippen LogP contribution in [-0.4, -0.2) is 24.7 Å². The average molecular weight is 220 g/mol. The van der Waals surface area contributed by atoms with Crippen molar-refractivity contribution < 1.29 is 5.11 Å². The summed E-state index contributed by atoms with van der Waals surface area (Å²) in [7, 11) is 1.82. The summed E-state index contributed by atoms with van der Waals surface area (Å²) in [4.78, 5) is 0. The van der Waals surface area contributed by atoms with E-state index in [-0.39, 0.29) is 0 Å². The molecule has 0 spiro atoms. The lowest BCUT2D eigenvalue weighted by molar-refractivity contribution is 0.198. The SMILES string of the molecule is CCn1nc(C)cc1C(O)c1ccnn1C. The molecule has 0 aliphatic heterocycles. The van der Waals surface area contributed by atoms with E-state index in [1.807, 2.05) is 37.7 Å². The molecule has 0 saturated heterocycles. The highest BCUT2D eigenvalue weighted by atomic mass is 16.3. The molecule has 1 atom stereocenters. The maximum atomic E-state index is 10.3. The van der Waals surface area contributed by atoms with Gasteiger partial charge in [-0.05, 0) is 26.0 Å². The second kappa shape index (κ2) is 4.09. The molecule has 5 heteroatoms. The third-order valence-corrected chi connectivity index (χ3v) is 2.65. The minimum Gasteiger partial charge on any atom is -0.380 e. The van der Waals surface area contributed by atoms with Crippen molar-refractivity contribution in [2.24, 2.45) is 7.05 Å². The summed E-state index contributed by atoms with van der Waals surface area (Å²) in [6.07, 6.45) is 1.01. The molecule has 0 saturated carbocycles. The summed E-state index contributed by atoms with van der Waals surface area (Å²) < 4.78 is 3.49. The average Bonchev–Trinajstić information content (AvgIpc) is 2.83. The van der Waals surface area contributed by atoms with Crippen LogP contribution in [0.25, 0.3) is 0 Å². The third-order valence-electron chi connectivity index (χ3n) is 2.65. The summed E-state index contributed by atoms with van der Waals surface area (Å²) in [6.45, 7) is 4.68. The monoisotopic (exact) mass is 220 g/mol. The fraction of sp³-hybridized carbons (Fsp3) is 0.455. The van der Waals surface area contributed by atoms with Crippen molar-refractivity contribution in [2.75, 3.05) is 0 Å². The number of aromatic nitrogens is 4. The highest BCUT2D eigenvalue weighted by Crippen LogP contribution is 2.21. The van der Waals surface area contributed by atoms with Crippen LogP contribution in [0.3, 0.4) is 0 Å². The minimum absolute atomic E-state index is 0.673. The van der Waals surface area contributed by atoms with E-state index < -0.39 is 6.10 Å². The van der Waals surface area contributed by atoms with Crippen LogP contribution in [0.2, 0.25) is 0 Å². The molecule has 1 N–H and O–H groups in total. The first-order valence-corrected chi connectivity index (χ1v) is 5.33. The standard InChI is InChI=1S/C11H16N4O/c1-4-15-10(7-8(2)13-15)11(16)9-5-6-12-14(9)3/h5-7,11,16H,4H2,1-3H3. The molecular weight excluding hydrogens is 204 g/mol. The lowest BCUT2D eigenvalue weighted by atomic mass is 10.2. The van der Waals surface area contributed by atoms with Gasteiger partial charge in [0.25, 0.3) is 0 Å². The van der Waals surface area contributed by atoms with Gasteiger partial charge in [-0.15, -0.1) is 0 Å². The number of aliphatic hydroxyl groups is 1. The van der Waals surface area contributed by atoms with Gasteiger partial charge in [-0.2, -0.15) is 10.2 Å². The van der Waals surface area contributed by atoms with Gasteiger partial charge in [0.1, 0.15) is 6.10 Å². The van der Waals surface area contributed by atoms with E-state index in [0.29, 0.717) is 0 Å². The predicted octanol–water partition coefficient (Wildman–Crippen LogP) is 1.03. The molecule has 1 unspecified atom stereocenters. The van der Waals surface area contributed by atoms with Crippen LogP contribution in [0.4, 0.5) is 0 Å². The van der Waals surface area contributed by atoms with E-state index in [2.05, 4.69) is 10.2 Å². The van der Waals surface area contributed by atoms with Crippen LogP contribution in [0, 0.1) is 6.92 Å². The molecule has 86 valence electrons. The smallest absolute Gasteiger partial charge is 0.137 e. The number of aryl methyl sites for hydroxylation is 3. The Morgan fingerprint density at radius 2 is 2.19 bits per heavy atom. The Balaban J connectivity index is 2.40. The molecule has 0 aliphatic rings. The van der Waals surface area contributed by atoms with Gasteiger partial charge >= 0.3 is 0 Å². The van der Waals surface area contributed by atoms with Crippen molar-refractivity contribution in [3.63, 3.8) is 0 Å². The second-order valence-corrected chi connectivity index (χ2v) is 3.81. The van der Waals surface area contributed by atoms with Crippen molar-refractivity contribution in [2.45, 2.75) is 26.5 Å². The molecule has 0 radical (unpaired) electrons. The Labute approximate surface area is 94.3 Å². The zero-order chi connectivity index (χ0) is 11.7. The first kappa shape index (κ1) is 10.9. The van der Waals surface area contributed by atoms with Crippen LogP contribution in [0.1, 0.15) is 30.1 Å². The van der Waals surface area contributed by atoms with Gasteiger partial charge < -0.3 is 5.11 Å². The van der Waals surface area contributed by atoms with E-state index in [0.717, 1.165) is 23.6 Å². The van der Waals surface area contributed by atoms with Gasteiger partial charge in [-0.3, -0.25) is 9.36 Å². The number of nitrogens with zero attached hydrogens (tertiary/aromatic N) is 4. The molecule has 0 aromatic carbocycles. The Kier molecular flexibility index (Phi) is 2.78. The highest BCUT2D eigenvalue weighted by molar-refractivity contribution is 5.21. The molecule has 2 aromatic rings. The Hall–Kier alpha value is -1.62. The Morgan fingerprint density at radius 1 is 1.44 bits per heavy atom. The first-order valence-electron chi connectivity index (χ1n) is 5.33. The van der Waals surface area contributed by atoms with Gasteiger partial charge in [-0.1, -0.05) is 0 Å². The molecule has 16 heavy (non-hydrogen) atoms. The van der Waals surface area contributed by atoms with E-state index in [4.69, 9.17) is 0 Å². The van der Waals surface area contributed by atoms with Crippen molar-refractivity contribution >= 4 is 0 Å². The second-order valence-electron chi connectivity index (χ2n) is 3.81. The topological polar surface area (TPSA) is 55.9 Å². The summed E-state index contributed by atoms with van der Waals surface area (Å²) in [6, 6.07) is 3.72. The van der Waals surface area contributed by atoms with Crippen LogP contribution >= 0.6 is 0 Å². The van der Waals surface area contributed by atoms with Gasteiger partial charge in [0, 0.05) is 19.8 Å². The summed E-state index contributed by atoms with van der Waals surface area (Å²) in [5.74, 6) is 0. The normalized spacial score (nSPS) is 13.0. The Bertz CT molecular complexity index is 486. The van der Waals surface area contributed by atoms with Gasteiger partial charge in [0.2, 0.25) is 0 Å². The lowest BCUT2D eigenvalue weighted by Gasteiger charge is -2.12. The fourth-order valence-corrected chi connectivity index (χ4v) is 1.84. The number of hydrogen-bond acceptors (Lipinski definition) is 3. The predicted molar refractivity (Wildman–Crippen MR) is 59.9 cm³/mol. The van der Waals surface area contributed by atoms with Crippen molar-refractivity contribution in [3.8, 4) is 0 Å². The molecule has 0 bridgehead atoms. The fourth-order valence-electron chi connectivity index (χ4n) is 1.84.